The van der Waals surface area contributed by atoms with Crippen LogP contribution < -0.4 is 14.8 Å². The number of ether oxygens (including phenoxy) is 2. The highest BCUT2D eigenvalue weighted by atomic mass is 16.5. The second kappa shape index (κ2) is 8.39. The molecule has 0 fully saturated rings. The van der Waals surface area contributed by atoms with E-state index in [4.69, 9.17) is 14.7 Å². The molecule has 0 unspecified atom stereocenters. The molecule has 0 saturated carbocycles. The SMILES string of the molecule is C=CCOc1ccc(C(=O)Nc2ccc(CC#N)cc2)cc1OC. The van der Waals surface area contributed by atoms with Gasteiger partial charge in [0.15, 0.2) is 11.5 Å². The minimum atomic E-state index is -0.253. The van der Waals surface area contributed by atoms with Gasteiger partial charge in [0, 0.05) is 11.3 Å². The predicted octanol–water partition coefficient (Wildman–Crippen LogP) is 3.58. The number of carbonyl (C=O) groups is 1. The Morgan fingerprint density at radius 1 is 1.25 bits per heavy atom. The molecule has 0 radical (unpaired) electrons. The van der Waals surface area contributed by atoms with Crippen molar-refractivity contribution in [3.63, 3.8) is 0 Å². The van der Waals surface area contributed by atoms with Crippen LogP contribution in [0.15, 0.2) is 55.1 Å². The Morgan fingerprint density at radius 2 is 2.00 bits per heavy atom. The van der Waals surface area contributed by atoms with Gasteiger partial charge < -0.3 is 14.8 Å². The standard InChI is InChI=1S/C19H18N2O3/c1-3-12-24-17-9-6-15(13-18(17)23-2)19(22)21-16-7-4-14(5-8-16)10-11-20/h3-9,13H,1,10,12H2,2H3,(H,21,22). The van der Waals surface area contributed by atoms with Gasteiger partial charge in [-0.3, -0.25) is 4.79 Å². The first-order valence-electron chi connectivity index (χ1n) is 7.37. The van der Waals surface area contributed by atoms with Crippen LogP contribution in [0.2, 0.25) is 0 Å². The largest absolute Gasteiger partial charge is 0.493 e. The molecule has 0 aliphatic carbocycles. The summed E-state index contributed by atoms with van der Waals surface area (Å²) in [5, 5.41) is 11.5. The summed E-state index contributed by atoms with van der Waals surface area (Å²) in [5.41, 5.74) is 2.02. The highest BCUT2D eigenvalue weighted by molar-refractivity contribution is 6.04. The molecule has 2 aromatic rings. The maximum Gasteiger partial charge on any atom is 0.255 e. The van der Waals surface area contributed by atoms with Crippen molar-refractivity contribution in [3.05, 3.63) is 66.2 Å². The second-order valence-electron chi connectivity index (χ2n) is 4.95. The van der Waals surface area contributed by atoms with Crippen LogP contribution in [-0.2, 0) is 6.42 Å². The second-order valence-corrected chi connectivity index (χ2v) is 4.95. The lowest BCUT2D eigenvalue weighted by molar-refractivity contribution is 0.102. The summed E-state index contributed by atoms with van der Waals surface area (Å²) in [5.74, 6) is 0.778. The Labute approximate surface area is 141 Å². The molecule has 2 aromatic carbocycles. The number of nitrogens with one attached hydrogen (secondary N) is 1. The number of amides is 1. The molecular weight excluding hydrogens is 304 g/mol. The van der Waals surface area contributed by atoms with Crippen LogP contribution in [0.1, 0.15) is 15.9 Å². The molecular formula is C19H18N2O3. The molecule has 5 heteroatoms. The summed E-state index contributed by atoms with van der Waals surface area (Å²) in [6, 6.07) is 14.2. The van der Waals surface area contributed by atoms with Gasteiger partial charge in [-0.2, -0.15) is 5.26 Å². The third-order valence-electron chi connectivity index (χ3n) is 3.28. The highest BCUT2D eigenvalue weighted by Gasteiger charge is 2.11. The predicted molar refractivity (Wildman–Crippen MR) is 92.4 cm³/mol. The minimum Gasteiger partial charge on any atom is -0.493 e. The van der Waals surface area contributed by atoms with Crippen LogP contribution in [0, 0.1) is 11.3 Å². The van der Waals surface area contributed by atoms with E-state index < -0.39 is 0 Å². The Bertz CT molecular complexity index is 761. The number of nitrogens with zero attached hydrogens (tertiary/aromatic N) is 1. The number of benzene rings is 2. The molecule has 0 aliphatic rings. The lowest BCUT2D eigenvalue weighted by Crippen LogP contribution is -2.12. The summed E-state index contributed by atoms with van der Waals surface area (Å²) in [6.45, 7) is 3.95. The topological polar surface area (TPSA) is 71.3 Å². The zero-order valence-corrected chi connectivity index (χ0v) is 13.4. The number of hydrogen-bond acceptors (Lipinski definition) is 4. The van der Waals surface area contributed by atoms with Crippen LogP contribution in [0.4, 0.5) is 5.69 Å². The highest BCUT2D eigenvalue weighted by Crippen LogP contribution is 2.28. The third-order valence-corrected chi connectivity index (χ3v) is 3.28. The number of carbonyl (C=O) groups excluding carboxylic acids is 1. The van der Waals surface area contributed by atoms with Gasteiger partial charge in [-0.1, -0.05) is 24.8 Å². The Balaban J connectivity index is 2.11. The number of nitriles is 1. The summed E-state index contributed by atoms with van der Waals surface area (Å²) in [7, 11) is 1.52. The molecule has 0 atom stereocenters. The maximum atomic E-state index is 12.3. The lowest BCUT2D eigenvalue weighted by Gasteiger charge is -2.11. The molecule has 5 nitrogen and oxygen atoms in total. The quantitative estimate of drug-likeness (QED) is 0.791. The van der Waals surface area contributed by atoms with Crippen molar-refractivity contribution < 1.29 is 14.3 Å². The van der Waals surface area contributed by atoms with E-state index in [1.54, 1.807) is 36.4 Å². The van der Waals surface area contributed by atoms with Crippen LogP contribution in [0.5, 0.6) is 11.5 Å². The smallest absolute Gasteiger partial charge is 0.255 e. The Hall–Kier alpha value is -3.26. The number of anilines is 1. The lowest BCUT2D eigenvalue weighted by atomic mass is 10.1. The van der Waals surface area contributed by atoms with Crippen molar-refractivity contribution in [3.8, 4) is 17.6 Å². The van der Waals surface area contributed by atoms with Crippen molar-refractivity contribution in [2.24, 2.45) is 0 Å². The fourth-order valence-electron chi connectivity index (χ4n) is 2.08. The summed E-state index contributed by atoms with van der Waals surface area (Å²) >= 11 is 0. The molecule has 0 spiro atoms. The molecule has 24 heavy (non-hydrogen) atoms. The van der Waals surface area contributed by atoms with Crippen LogP contribution in [-0.4, -0.2) is 19.6 Å². The van der Waals surface area contributed by atoms with E-state index in [2.05, 4.69) is 18.0 Å². The minimum absolute atomic E-state index is 0.253. The maximum absolute atomic E-state index is 12.3. The van der Waals surface area contributed by atoms with Crippen molar-refractivity contribution in [1.82, 2.24) is 0 Å². The molecule has 0 heterocycles. The van der Waals surface area contributed by atoms with Crippen LogP contribution in [0.25, 0.3) is 0 Å². The molecule has 1 amide bonds. The molecule has 2 rings (SSSR count). The Morgan fingerprint density at radius 3 is 2.62 bits per heavy atom. The fourth-order valence-corrected chi connectivity index (χ4v) is 2.08. The Kier molecular flexibility index (Phi) is 5.98. The average Bonchev–Trinajstić information content (AvgIpc) is 2.61. The van der Waals surface area contributed by atoms with Gasteiger partial charge >= 0.3 is 0 Å². The molecule has 1 N–H and O–H groups in total. The van der Waals surface area contributed by atoms with E-state index >= 15 is 0 Å². The molecule has 122 valence electrons. The normalized spacial score (nSPS) is 9.67. The van der Waals surface area contributed by atoms with E-state index in [9.17, 15) is 4.79 Å². The van der Waals surface area contributed by atoms with Crippen LogP contribution >= 0.6 is 0 Å². The summed E-state index contributed by atoms with van der Waals surface area (Å²) in [4.78, 5) is 12.3. The van der Waals surface area contributed by atoms with E-state index in [0.717, 1.165) is 5.56 Å². The molecule has 0 aliphatic heterocycles. The van der Waals surface area contributed by atoms with E-state index in [1.165, 1.54) is 7.11 Å². The zero-order valence-electron chi connectivity index (χ0n) is 13.4. The van der Waals surface area contributed by atoms with Gasteiger partial charge in [-0.15, -0.1) is 0 Å². The van der Waals surface area contributed by atoms with Crippen LogP contribution in [0.3, 0.4) is 0 Å². The fraction of sp³-hybridized carbons (Fsp3) is 0.158. The molecule has 0 saturated heterocycles. The van der Waals surface area contributed by atoms with Gasteiger partial charge in [-0.05, 0) is 35.9 Å². The van der Waals surface area contributed by atoms with E-state index in [-0.39, 0.29) is 5.91 Å². The van der Waals surface area contributed by atoms with Gasteiger partial charge in [0.25, 0.3) is 5.91 Å². The van der Waals surface area contributed by atoms with Gasteiger partial charge in [0.1, 0.15) is 6.61 Å². The monoisotopic (exact) mass is 322 g/mol. The summed E-state index contributed by atoms with van der Waals surface area (Å²) in [6.07, 6.45) is 1.98. The number of methoxy groups -OCH3 is 1. The van der Waals surface area contributed by atoms with Crippen molar-refractivity contribution in [1.29, 1.82) is 5.26 Å². The van der Waals surface area contributed by atoms with Gasteiger partial charge in [-0.25, -0.2) is 0 Å². The summed E-state index contributed by atoms with van der Waals surface area (Å²) < 4.78 is 10.7. The number of rotatable bonds is 7. The first-order chi connectivity index (χ1) is 11.7. The first kappa shape index (κ1) is 17.1. The first-order valence-corrected chi connectivity index (χ1v) is 7.37. The van der Waals surface area contributed by atoms with Gasteiger partial charge in [0.05, 0.1) is 19.6 Å². The van der Waals surface area contributed by atoms with Gasteiger partial charge in [0.2, 0.25) is 0 Å². The van der Waals surface area contributed by atoms with Crippen molar-refractivity contribution in [2.75, 3.05) is 19.0 Å². The van der Waals surface area contributed by atoms with Crippen molar-refractivity contribution in [2.45, 2.75) is 6.42 Å². The molecule has 0 bridgehead atoms. The van der Waals surface area contributed by atoms with Crippen molar-refractivity contribution >= 4 is 11.6 Å². The van der Waals surface area contributed by atoms with E-state index in [1.807, 2.05) is 12.1 Å². The zero-order chi connectivity index (χ0) is 17.4. The number of hydrogen-bond donors (Lipinski definition) is 1. The molecule has 0 aromatic heterocycles. The van der Waals surface area contributed by atoms with E-state index in [0.29, 0.717) is 35.8 Å². The third kappa shape index (κ3) is 4.37. The average molecular weight is 322 g/mol.